The number of carbonyl (C=O) groups excluding carboxylic acids is 1. The highest BCUT2D eigenvalue weighted by Crippen LogP contribution is 2.18. The third-order valence-electron chi connectivity index (χ3n) is 6.57. The number of halogens is 1. The lowest BCUT2D eigenvalue weighted by Gasteiger charge is -1.93. The molecule has 0 aliphatic rings. The van der Waals surface area contributed by atoms with Crippen molar-refractivity contribution >= 4 is 55.9 Å². The Labute approximate surface area is 244 Å². The van der Waals surface area contributed by atoms with E-state index in [-0.39, 0.29) is 5.82 Å². The van der Waals surface area contributed by atoms with Crippen molar-refractivity contribution in [3.8, 4) is 5.75 Å². The molecule has 4 heterocycles. The van der Waals surface area contributed by atoms with Crippen molar-refractivity contribution in [3.05, 3.63) is 139 Å². The number of H-pyrrole nitrogens is 4. The Hall–Kier alpha value is -6.09. The molecular weight excluding hydrogens is 547 g/mol. The van der Waals surface area contributed by atoms with Crippen LogP contribution in [0.3, 0.4) is 0 Å². The fraction of sp³-hybridized carbons (Fsp3) is 0. The van der Waals surface area contributed by atoms with Crippen LogP contribution < -0.4 is 0 Å². The first kappa shape index (κ1) is 28.4. The number of aromatic nitrogens is 4. The molecular formula is C34H27FN4O4. The highest BCUT2D eigenvalue weighted by atomic mass is 19.1. The van der Waals surface area contributed by atoms with Crippen LogP contribution in [0.4, 0.5) is 4.39 Å². The van der Waals surface area contributed by atoms with Gasteiger partial charge in [-0.25, -0.2) is 9.18 Å². The summed E-state index contributed by atoms with van der Waals surface area (Å²) in [4.78, 5) is 32.8. The number of carboxylic acids is 1. The number of aldehydes is 1. The van der Waals surface area contributed by atoms with Crippen molar-refractivity contribution in [2.24, 2.45) is 0 Å². The minimum atomic E-state index is -0.897. The van der Waals surface area contributed by atoms with Crippen LogP contribution in [0.5, 0.6) is 5.75 Å². The number of hydrogen-bond acceptors (Lipinski definition) is 3. The molecule has 0 fully saturated rings. The van der Waals surface area contributed by atoms with Crippen LogP contribution in [0.15, 0.2) is 122 Å². The van der Waals surface area contributed by atoms with Crippen LogP contribution >= 0.6 is 0 Å². The van der Waals surface area contributed by atoms with Gasteiger partial charge in [0, 0.05) is 58.5 Å². The van der Waals surface area contributed by atoms with E-state index in [1.165, 1.54) is 12.1 Å². The van der Waals surface area contributed by atoms with Crippen molar-refractivity contribution in [2.45, 2.75) is 0 Å². The van der Waals surface area contributed by atoms with Crippen molar-refractivity contribution in [3.63, 3.8) is 0 Å². The fourth-order valence-corrected chi connectivity index (χ4v) is 4.38. The number of fused-ring (bicyclic) bond motifs is 4. The maximum absolute atomic E-state index is 12.5. The second-order valence-electron chi connectivity index (χ2n) is 9.49. The van der Waals surface area contributed by atoms with Gasteiger partial charge in [-0.1, -0.05) is 18.2 Å². The van der Waals surface area contributed by atoms with Crippen LogP contribution in [-0.4, -0.2) is 42.4 Å². The highest BCUT2D eigenvalue weighted by molar-refractivity contribution is 5.93. The number of phenolic OH excluding ortho intramolecular Hbond substituents is 1. The number of aromatic hydroxyl groups is 1. The Morgan fingerprint density at radius 1 is 0.581 bits per heavy atom. The third kappa shape index (κ3) is 7.17. The summed E-state index contributed by atoms with van der Waals surface area (Å²) in [5.74, 6) is -0.795. The minimum absolute atomic E-state index is 0.199. The fourth-order valence-electron chi connectivity index (χ4n) is 4.38. The number of rotatable bonds is 2. The summed E-state index contributed by atoms with van der Waals surface area (Å²) < 4.78 is 12.5. The van der Waals surface area contributed by atoms with Gasteiger partial charge in [-0.2, -0.15) is 0 Å². The van der Waals surface area contributed by atoms with E-state index in [1.807, 2.05) is 60.9 Å². The SMILES string of the molecule is Fc1ccc2cc[nH]c2c1.O=C(O)c1ccc2cc[nH]c2c1.O=Cc1ccc2cc[nH]c2c1.Oc1ccc2cc[nH]c2c1. The van der Waals surface area contributed by atoms with Gasteiger partial charge < -0.3 is 30.1 Å². The van der Waals surface area contributed by atoms with E-state index in [4.69, 9.17) is 10.2 Å². The molecule has 0 saturated heterocycles. The van der Waals surface area contributed by atoms with Gasteiger partial charge in [-0.15, -0.1) is 0 Å². The molecule has 0 saturated carbocycles. The van der Waals surface area contributed by atoms with Gasteiger partial charge in [0.15, 0.2) is 0 Å². The Bertz CT molecular complexity index is 2060. The number of nitrogens with one attached hydrogen (secondary N) is 4. The van der Waals surface area contributed by atoms with Crippen molar-refractivity contribution in [1.82, 2.24) is 19.9 Å². The molecule has 43 heavy (non-hydrogen) atoms. The molecule has 8 aromatic rings. The van der Waals surface area contributed by atoms with E-state index in [9.17, 15) is 14.0 Å². The van der Waals surface area contributed by atoms with Crippen molar-refractivity contribution in [2.75, 3.05) is 0 Å². The maximum atomic E-state index is 12.5. The smallest absolute Gasteiger partial charge is 0.335 e. The molecule has 0 aliphatic heterocycles. The quantitative estimate of drug-likeness (QED) is 0.116. The maximum Gasteiger partial charge on any atom is 0.335 e. The summed E-state index contributed by atoms with van der Waals surface area (Å²) in [6.45, 7) is 0. The molecule has 214 valence electrons. The van der Waals surface area contributed by atoms with Crippen LogP contribution in [0.2, 0.25) is 0 Å². The van der Waals surface area contributed by atoms with Gasteiger partial charge in [0.1, 0.15) is 17.9 Å². The third-order valence-corrected chi connectivity index (χ3v) is 6.57. The number of carboxylic acid groups (broad SMARTS) is 1. The number of aromatic carboxylic acids is 1. The minimum Gasteiger partial charge on any atom is -0.508 e. The molecule has 0 aliphatic carbocycles. The molecule has 0 amide bonds. The highest BCUT2D eigenvalue weighted by Gasteiger charge is 2.03. The van der Waals surface area contributed by atoms with Gasteiger partial charge in [0.25, 0.3) is 0 Å². The zero-order valence-electron chi connectivity index (χ0n) is 22.7. The van der Waals surface area contributed by atoms with Gasteiger partial charge in [-0.05, 0) is 94.3 Å². The Balaban J connectivity index is 0.000000114. The number of carbonyl (C=O) groups is 2. The Morgan fingerprint density at radius 3 is 1.60 bits per heavy atom. The van der Waals surface area contributed by atoms with Crippen LogP contribution in [0, 0.1) is 5.82 Å². The number of phenols is 1. The summed E-state index contributed by atoms with van der Waals surface area (Å²) in [5, 5.41) is 22.0. The molecule has 4 aromatic heterocycles. The standard InChI is InChI=1S/C9H7NO2.C9H7NO.C8H6FN.C8H7NO/c11-9(12)7-2-1-6-3-4-10-8(6)5-7;11-6-7-1-2-8-3-4-10-9(8)5-7;9-7-2-1-6-3-4-10-8(6)5-7;10-7-2-1-6-3-4-9-8(6)5-7/h1-5,10H,(H,11,12);1-6,10H;1-5,10H;1-5,9-10H. The summed E-state index contributed by atoms with van der Waals surface area (Å²) in [7, 11) is 0. The Morgan fingerprint density at radius 2 is 1.05 bits per heavy atom. The molecule has 0 spiro atoms. The van der Waals surface area contributed by atoms with E-state index in [0.29, 0.717) is 16.9 Å². The topological polar surface area (TPSA) is 138 Å². The second kappa shape index (κ2) is 13.0. The van der Waals surface area contributed by atoms with Crippen LogP contribution in [-0.2, 0) is 0 Å². The average molecular weight is 575 g/mol. The molecule has 0 radical (unpaired) electrons. The second-order valence-corrected chi connectivity index (χ2v) is 9.49. The molecule has 6 N–H and O–H groups in total. The summed E-state index contributed by atoms with van der Waals surface area (Å²) in [6.07, 6.45) is 8.14. The molecule has 8 rings (SSSR count). The molecule has 0 bridgehead atoms. The van der Waals surface area contributed by atoms with Gasteiger partial charge in [0.2, 0.25) is 0 Å². The van der Waals surface area contributed by atoms with Gasteiger partial charge >= 0.3 is 5.97 Å². The first-order chi connectivity index (χ1) is 20.9. The molecule has 0 atom stereocenters. The molecule has 9 heteroatoms. The molecule has 4 aromatic carbocycles. The monoisotopic (exact) mass is 574 g/mol. The Kier molecular flexibility index (Phi) is 8.63. The lowest BCUT2D eigenvalue weighted by atomic mass is 10.2. The zero-order chi connectivity index (χ0) is 30.2. The van der Waals surface area contributed by atoms with E-state index < -0.39 is 5.97 Å². The molecule has 0 unspecified atom stereocenters. The number of hydrogen-bond donors (Lipinski definition) is 6. The lowest BCUT2D eigenvalue weighted by molar-refractivity contribution is 0.0697. The normalized spacial score (nSPS) is 10.3. The van der Waals surface area contributed by atoms with Crippen molar-refractivity contribution in [1.29, 1.82) is 0 Å². The largest absolute Gasteiger partial charge is 0.508 e. The van der Waals surface area contributed by atoms with Gasteiger partial charge in [-0.3, -0.25) is 4.79 Å². The van der Waals surface area contributed by atoms with Gasteiger partial charge in [0.05, 0.1) is 5.56 Å². The lowest BCUT2D eigenvalue weighted by Crippen LogP contribution is -1.94. The molecule has 8 nitrogen and oxygen atoms in total. The zero-order valence-corrected chi connectivity index (χ0v) is 22.7. The summed E-state index contributed by atoms with van der Waals surface area (Å²) in [6, 6.07) is 28.3. The number of aromatic amines is 4. The predicted molar refractivity (Wildman–Crippen MR) is 167 cm³/mol. The first-order valence-electron chi connectivity index (χ1n) is 13.2. The summed E-state index contributed by atoms with van der Waals surface area (Å²) in [5.41, 5.74) is 4.70. The number of benzene rings is 4. The van der Waals surface area contributed by atoms with E-state index >= 15 is 0 Å². The first-order valence-corrected chi connectivity index (χ1v) is 13.2. The predicted octanol–water partition coefficient (Wildman–Crippen LogP) is 8.03. The van der Waals surface area contributed by atoms with Crippen molar-refractivity contribution < 1.29 is 24.2 Å². The summed E-state index contributed by atoms with van der Waals surface area (Å²) >= 11 is 0. The van der Waals surface area contributed by atoms with Crippen LogP contribution in [0.1, 0.15) is 20.7 Å². The van der Waals surface area contributed by atoms with E-state index in [2.05, 4.69) is 19.9 Å². The van der Waals surface area contributed by atoms with E-state index in [0.717, 1.165) is 49.9 Å². The van der Waals surface area contributed by atoms with E-state index in [1.54, 1.807) is 48.8 Å². The van der Waals surface area contributed by atoms with Crippen LogP contribution in [0.25, 0.3) is 43.6 Å². The average Bonchev–Trinajstić information content (AvgIpc) is 3.83.